The predicted octanol–water partition coefficient (Wildman–Crippen LogP) is 4.11. The molecular weight excluding hydrogens is 381 g/mol. The molecule has 0 saturated heterocycles. The monoisotopic (exact) mass is 391 g/mol. The molecule has 138 valence electrons. The minimum absolute atomic E-state index is 0.00852. The summed E-state index contributed by atoms with van der Waals surface area (Å²) in [5.41, 5.74) is -0.631. The van der Waals surface area contributed by atoms with Gasteiger partial charge in [-0.15, -0.1) is 11.3 Å². The highest BCUT2D eigenvalue weighted by atomic mass is 32.1. The van der Waals surface area contributed by atoms with Gasteiger partial charge in [0.15, 0.2) is 5.82 Å². The molecule has 0 amide bonds. The number of anilines is 1. The number of alkyl halides is 5. The first-order valence-corrected chi connectivity index (χ1v) is 7.89. The van der Waals surface area contributed by atoms with Crippen LogP contribution in [0.25, 0.3) is 15.9 Å². The number of aromatic nitrogens is 2. The van der Waals surface area contributed by atoms with Crippen molar-refractivity contribution in [3.8, 4) is 11.4 Å². The van der Waals surface area contributed by atoms with Crippen molar-refractivity contribution in [2.75, 3.05) is 12.4 Å². The third-order valence-electron chi connectivity index (χ3n) is 3.40. The smallest absolute Gasteiger partial charge is 0.425 e. The third kappa shape index (κ3) is 3.34. The second kappa shape index (κ2) is 6.56. The Morgan fingerprint density at radius 2 is 1.88 bits per heavy atom. The maximum atomic E-state index is 13.1. The first-order chi connectivity index (χ1) is 12.2. The van der Waals surface area contributed by atoms with E-state index in [1.165, 1.54) is 31.3 Å². The Hall–Kier alpha value is -2.69. The average molecular weight is 391 g/mol. The molecule has 0 bridgehead atoms. The largest absolute Gasteiger partial charge is 0.435 e. The van der Waals surface area contributed by atoms with Crippen LogP contribution in [0.2, 0.25) is 0 Å². The van der Waals surface area contributed by atoms with Crippen molar-refractivity contribution >= 4 is 27.4 Å². The van der Waals surface area contributed by atoms with Crippen LogP contribution in [0.3, 0.4) is 0 Å². The molecule has 3 aromatic rings. The second-order valence-corrected chi connectivity index (χ2v) is 6.08. The third-order valence-corrected chi connectivity index (χ3v) is 4.58. The van der Waals surface area contributed by atoms with Crippen molar-refractivity contribution in [1.29, 1.82) is 0 Å². The Morgan fingerprint density at radius 1 is 1.23 bits per heavy atom. The Balaban J connectivity index is 2.20. The Morgan fingerprint density at radius 3 is 2.42 bits per heavy atom. The molecule has 26 heavy (non-hydrogen) atoms. The molecule has 0 radical (unpaired) electrons. The fourth-order valence-corrected chi connectivity index (χ4v) is 3.36. The van der Waals surface area contributed by atoms with Crippen LogP contribution in [0.15, 0.2) is 35.1 Å². The molecule has 3 rings (SSSR count). The lowest BCUT2D eigenvalue weighted by Crippen LogP contribution is -2.22. The quantitative estimate of drug-likeness (QED) is 0.680. The average Bonchev–Trinajstić information content (AvgIpc) is 3.00. The normalized spacial score (nSPS) is 12.0. The fraction of sp³-hybridized carbons (Fsp3) is 0.200. The van der Waals surface area contributed by atoms with Crippen molar-refractivity contribution in [1.82, 2.24) is 9.55 Å². The SMILES string of the molecule is CNc1nc(=O)n(-c2ccc(OC(F)F)cc2)c2cc(C(F)(F)F)sc12. The van der Waals surface area contributed by atoms with Crippen LogP contribution in [0.1, 0.15) is 4.88 Å². The second-order valence-electron chi connectivity index (χ2n) is 5.02. The highest BCUT2D eigenvalue weighted by molar-refractivity contribution is 7.19. The van der Waals surface area contributed by atoms with Crippen molar-refractivity contribution in [3.63, 3.8) is 0 Å². The predicted molar refractivity (Wildman–Crippen MR) is 86.4 cm³/mol. The number of hydrogen-bond acceptors (Lipinski definition) is 5. The van der Waals surface area contributed by atoms with Gasteiger partial charge in [0.1, 0.15) is 10.6 Å². The number of nitrogens with zero attached hydrogens (tertiary/aromatic N) is 2. The maximum absolute atomic E-state index is 13.1. The first kappa shape index (κ1) is 18.1. The topological polar surface area (TPSA) is 56.2 Å². The molecule has 5 nitrogen and oxygen atoms in total. The van der Waals surface area contributed by atoms with Gasteiger partial charge in [-0.3, -0.25) is 4.57 Å². The van der Waals surface area contributed by atoms with Crippen LogP contribution < -0.4 is 15.7 Å². The Labute approximate surface area is 146 Å². The molecule has 0 saturated carbocycles. The van der Waals surface area contributed by atoms with E-state index in [0.29, 0.717) is 11.3 Å². The summed E-state index contributed by atoms with van der Waals surface area (Å²) >= 11 is 0.451. The zero-order chi connectivity index (χ0) is 19.1. The van der Waals surface area contributed by atoms with Gasteiger partial charge in [-0.05, 0) is 30.3 Å². The van der Waals surface area contributed by atoms with Gasteiger partial charge in [0, 0.05) is 7.05 Å². The number of benzene rings is 1. The van der Waals surface area contributed by atoms with Crippen LogP contribution in [0, 0.1) is 0 Å². The van der Waals surface area contributed by atoms with E-state index in [4.69, 9.17) is 0 Å². The lowest BCUT2D eigenvalue weighted by atomic mass is 10.2. The van der Waals surface area contributed by atoms with Crippen molar-refractivity contribution in [2.45, 2.75) is 12.8 Å². The number of halogens is 5. The number of hydrogen-bond donors (Lipinski definition) is 1. The lowest BCUT2D eigenvalue weighted by Gasteiger charge is -2.10. The van der Waals surface area contributed by atoms with E-state index < -0.39 is 23.4 Å². The summed E-state index contributed by atoms with van der Waals surface area (Å²) in [6.07, 6.45) is -4.58. The number of fused-ring (bicyclic) bond motifs is 1. The van der Waals surface area contributed by atoms with Gasteiger partial charge in [0.25, 0.3) is 0 Å². The van der Waals surface area contributed by atoms with E-state index in [9.17, 15) is 26.7 Å². The van der Waals surface area contributed by atoms with Gasteiger partial charge in [-0.2, -0.15) is 26.9 Å². The number of rotatable bonds is 4. The van der Waals surface area contributed by atoms with Gasteiger partial charge in [0.05, 0.1) is 15.9 Å². The summed E-state index contributed by atoms with van der Waals surface area (Å²) < 4.78 is 69.0. The van der Waals surface area contributed by atoms with Gasteiger partial charge in [0.2, 0.25) is 0 Å². The maximum Gasteiger partial charge on any atom is 0.425 e. The number of nitrogens with one attached hydrogen (secondary N) is 1. The van der Waals surface area contributed by atoms with Crippen LogP contribution in [0.4, 0.5) is 27.8 Å². The molecule has 1 N–H and O–H groups in total. The molecule has 0 fully saturated rings. The summed E-state index contributed by atoms with van der Waals surface area (Å²) in [6, 6.07) is 5.79. The molecular formula is C15H10F5N3O2S. The molecule has 0 aliphatic carbocycles. The van der Waals surface area contributed by atoms with E-state index in [-0.39, 0.29) is 27.5 Å². The first-order valence-electron chi connectivity index (χ1n) is 7.07. The molecule has 0 aliphatic rings. The summed E-state index contributed by atoms with van der Waals surface area (Å²) in [7, 11) is 1.44. The van der Waals surface area contributed by atoms with Gasteiger partial charge >= 0.3 is 18.5 Å². The van der Waals surface area contributed by atoms with Gasteiger partial charge in [-0.25, -0.2) is 4.79 Å². The molecule has 11 heteroatoms. The van der Waals surface area contributed by atoms with Crippen molar-refractivity contribution < 1.29 is 26.7 Å². The standard InChI is InChI=1S/C15H10F5N3O2S/c1-21-12-11-9(6-10(26-11)15(18,19)20)23(14(24)22-12)7-2-4-8(5-3-7)25-13(16)17/h2-6,13H,1H3,(H,21,22,24). The summed E-state index contributed by atoms with van der Waals surface area (Å²) in [4.78, 5) is 15.2. The Kier molecular flexibility index (Phi) is 4.57. The van der Waals surface area contributed by atoms with E-state index in [0.717, 1.165) is 10.6 Å². The summed E-state index contributed by atoms with van der Waals surface area (Å²) in [5, 5.41) is 2.60. The van der Waals surface area contributed by atoms with E-state index >= 15 is 0 Å². The zero-order valence-electron chi connectivity index (χ0n) is 13.0. The van der Waals surface area contributed by atoms with E-state index in [1.807, 2.05) is 0 Å². The van der Waals surface area contributed by atoms with E-state index in [2.05, 4.69) is 15.0 Å². The molecule has 2 aromatic heterocycles. The van der Waals surface area contributed by atoms with Crippen LogP contribution in [-0.2, 0) is 6.18 Å². The minimum Gasteiger partial charge on any atom is -0.435 e. The molecule has 0 unspecified atom stereocenters. The molecule has 0 spiro atoms. The summed E-state index contributed by atoms with van der Waals surface area (Å²) in [6.45, 7) is -3.02. The van der Waals surface area contributed by atoms with Gasteiger partial charge in [-0.1, -0.05) is 0 Å². The molecule has 1 aromatic carbocycles. The molecule has 2 heterocycles. The van der Waals surface area contributed by atoms with Crippen molar-refractivity contribution in [3.05, 3.63) is 45.7 Å². The van der Waals surface area contributed by atoms with E-state index in [1.54, 1.807) is 0 Å². The van der Waals surface area contributed by atoms with Crippen LogP contribution in [0.5, 0.6) is 5.75 Å². The summed E-state index contributed by atoms with van der Waals surface area (Å²) in [5.74, 6) is -0.117. The fourth-order valence-electron chi connectivity index (χ4n) is 2.35. The zero-order valence-corrected chi connectivity index (χ0v) is 13.8. The molecule has 0 atom stereocenters. The van der Waals surface area contributed by atoms with Crippen LogP contribution >= 0.6 is 11.3 Å². The highest BCUT2D eigenvalue weighted by Crippen LogP contribution is 2.40. The molecule has 0 aliphatic heterocycles. The highest BCUT2D eigenvalue weighted by Gasteiger charge is 2.34. The van der Waals surface area contributed by atoms with Crippen LogP contribution in [-0.4, -0.2) is 23.2 Å². The van der Waals surface area contributed by atoms with Gasteiger partial charge < -0.3 is 10.1 Å². The Bertz CT molecular complexity index is 995. The van der Waals surface area contributed by atoms with Crippen molar-refractivity contribution in [2.24, 2.45) is 0 Å². The number of ether oxygens (including phenoxy) is 1. The lowest BCUT2D eigenvalue weighted by molar-refractivity contribution is -0.134. The minimum atomic E-state index is -4.58. The number of thiophene rings is 1.